The number of nitrogens with zero attached hydrogens (tertiary/aromatic N) is 3. The molecule has 1 aromatic heterocycles. The normalized spacial score (nSPS) is 16.5. The molecule has 0 spiro atoms. The molecule has 2 aromatic carbocycles. The molecule has 0 bridgehead atoms. The fourth-order valence-electron chi connectivity index (χ4n) is 3.66. The lowest BCUT2D eigenvalue weighted by Gasteiger charge is -2.17. The third-order valence-electron chi connectivity index (χ3n) is 5.06. The van der Waals surface area contributed by atoms with Crippen molar-refractivity contribution < 1.29 is 4.79 Å². The Bertz CT molecular complexity index is 1090. The van der Waals surface area contributed by atoms with E-state index in [1.165, 1.54) is 9.13 Å². The monoisotopic (exact) mass is 375 g/mol. The molecule has 28 heavy (non-hydrogen) atoms. The van der Waals surface area contributed by atoms with Crippen LogP contribution in [0, 0.1) is 5.92 Å². The smallest absolute Gasteiger partial charge is 0.320 e. The highest BCUT2D eigenvalue weighted by molar-refractivity contribution is 5.78. The van der Waals surface area contributed by atoms with E-state index in [0.717, 1.165) is 5.56 Å². The molecule has 0 radical (unpaired) electrons. The van der Waals surface area contributed by atoms with Crippen molar-refractivity contribution in [1.82, 2.24) is 14.0 Å². The summed E-state index contributed by atoms with van der Waals surface area (Å²) in [7, 11) is 0. The Morgan fingerprint density at radius 3 is 2.21 bits per heavy atom. The number of para-hydroxylation sites is 1. The van der Waals surface area contributed by atoms with Gasteiger partial charge >= 0.3 is 11.1 Å². The van der Waals surface area contributed by atoms with Crippen LogP contribution < -0.4 is 11.1 Å². The Balaban J connectivity index is 1.49. The molecular formula is C22H21N3O3. The minimum absolute atomic E-state index is 0.0147. The molecule has 1 fully saturated rings. The average Bonchev–Trinajstić information content (AvgIpc) is 3.06. The molecule has 142 valence electrons. The third-order valence-corrected chi connectivity index (χ3v) is 5.06. The summed E-state index contributed by atoms with van der Waals surface area (Å²) in [6.07, 6.45) is 3.62. The van der Waals surface area contributed by atoms with Gasteiger partial charge in [-0.05, 0) is 17.7 Å². The second kappa shape index (κ2) is 7.68. The van der Waals surface area contributed by atoms with E-state index in [-0.39, 0.29) is 11.8 Å². The van der Waals surface area contributed by atoms with Crippen LogP contribution in [0.1, 0.15) is 12.0 Å². The zero-order chi connectivity index (χ0) is 19.5. The molecule has 6 nitrogen and oxygen atoms in total. The van der Waals surface area contributed by atoms with Crippen LogP contribution in [0.25, 0.3) is 5.69 Å². The Morgan fingerprint density at radius 2 is 1.50 bits per heavy atom. The van der Waals surface area contributed by atoms with Crippen molar-refractivity contribution in [2.75, 3.05) is 6.54 Å². The van der Waals surface area contributed by atoms with Gasteiger partial charge in [0.15, 0.2) is 0 Å². The van der Waals surface area contributed by atoms with E-state index in [1.54, 1.807) is 24.5 Å². The van der Waals surface area contributed by atoms with Crippen molar-refractivity contribution in [2.45, 2.75) is 19.5 Å². The molecule has 1 amide bonds. The van der Waals surface area contributed by atoms with Gasteiger partial charge in [-0.25, -0.2) is 0 Å². The standard InChI is InChI=1S/C22H21N3O3/c26-20-13-18(16-24(20)14-17-7-3-1-4-8-17)15-23-11-12-25(22(28)21(23)27)19-9-5-2-6-10-19/h1-12,18H,13-16H2. The van der Waals surface area contributed by atoms with E-state index in [4.69, 9.17) is 0 Å². The maximum Gasteiger partial charge on any atom is 0.320 e. The first-order valence-electron chi connectivity index (χ1n) is 9.31. The van der Waals surface area contributed by atoms with Gasteiger partial charge in [-0.1, -0.05) is 48.5 Å². The van der Waals surface area contributed by atoms with Crippen molar-refractivity contribution in [3.05, 3.63) is 99.3 Å². The van der Waals surface area contributed by atoms with E-state index in [2.05, 4.69) is 0 Å². The molecule has 4 rings (SSSR count). The predicted molar refractivity (Wildman–Crippen MR) is 106 cm³/mol. The zero-order valence-electron chi connectivity index (χ0n) is 15.4. The summed E-state index contributed by atoms with van der Waals surface area (Å²) in [5.74, 6) is 0.0976. The van der Waals surface area contributed by atoms with Crippen LogP contribution in [0.4, 0.5) is 0 Å². The van der Waals surface area contributed by atoms with Crippen LogP contribution in [0.2, 0.25) is 0 Å². The SMILES string of the molecule is O=C1CC(Cn2ccn(-c3ccccc3)c(=O)c2=O)CN1Cc1ccccc1. The summed E-state index contributed by atoms with van der Waals surface area (Å²) >= 11 is 0. The van der Waals surface area contributed by atoms with Gasteiger partial charge in [-0.15, -0.1) is 0 Å². The van der Waals surface area contributed by atoms with Crippen molar-refractivity contribution in [3.63, 3.8) is 0 Å². The number of aromatic nitrogens is 2. The predicted octanol–water partition coefficient (Wildman–Crippen LogP) is 2.05. The highest BCUT2D eigenvalue weighted by Gasteiger charge is 2.30. The van der Waals surface area contributed by atoms with Gasteiger partial charge in [-0.2, -0.15) is 0 Å². The van der Waals surface area contributed by atoms with E-state index < -0.39 is 11.1 Å². The fourth-order valence-corrected chi connectivity index (χ4v) is 3.66. The Labute approximate surface area is 162 Å². The summed E-state index contributed by atoms with van der Waals surface area (Å²) in [6, 6.07) is 18.9. The van der Waals surface area contributed by atoms with Crippen molar-refractivity contribution in [2.24, 2.45) is 5.92 Å². The number of hydrogen-bond donors (Lipinski definition) is 0. The number of benzene rings is 2. The molecule has 2 heterocycles. The summed E-state index contributed by atoms with van der Waals surface area (Å²) < 4.78 is 2.77. The lowest BCUT2D eigenvalue weighted by molar-refractivity contribution is -0.128. The van der Waals surface area contributed by atoms with Crippen LogP contribution in [0.5, 0.6) is 0 Å². The molecule has 0 saturated carbocycles. The molecule has 0 N–H and O–H groups in total. The molecular weight excluding hydrogens is 354 g/mol. The first-order valence-corrected chi connectivity index (χ1v) is 9.31. The van der Waals surface area contributed by atoms with E-state index in [1.807, 2.05) is 53.4 Å². The number of likely N-dealkylation sites (tertiary alicyclic amines) is 1. The first-order chi connectivity index (χ1) is 13.6. The maximum absolute atomic E-state index is 12.5. The molecule has 6 heteroatoms. The van der Waals surface area contributed by atoms with Gasteiger partial charge in [0.2, 0.25) is 5.91 Å². The van der Waals surface area contributed by atoms with Gasteiger partial charge in [0.05, 0.1) is 0 Å². The van der Waals surface area contributed by atoms with Crippen LogP contribution in [0.15, 0.2) is 82.6 Å². The van der Waals surface area contributed by atoms with E-state index in [0.29, 0.717) is 31.7 Å². The van der Waals surface area contributed by atoms with Crippen LogP contribution in [0.3, 0.4) is 0 Å². The molecule has 1 aliphatic heterocycles. The minimum atomic E-state index is -0.584. The van der Waals surface area contributed by atoms with E-state index >= 15 is 0 Å². The quantitative estimate of drug-likeness (QED) is 0.641. The van der Waals surface area contributed by atoms with Crippen LogP contribution in [-0.4, -0.2) is 26.5 Å². The van der Waals surface area contributed by atoms with Gasteiger partial charge in [0, 0.05) is 50.1 Å². The molecule has 1 unspecified atom stereocenters. The second-order valence-electron chi connectivity index (χ2n) is 7.10. The van der Waals surface area contributed by atoms with Gasteiger partial charge in [-0.3, -0.25) is 19.0 Å². The number of rotatable bonds is 5. The summed E-state index contributed by atoms with van der Waals surface area (Å²) in [5, 5.41) is 0. The Kier molecular flexibility index (Phi) is 4.93. The number of carbonyl (C=O) groups is 1. The van der Waals surface area contributed by atoms with Gasteiger partial charge in [0.1, 0.15) is 0 Å². The minimum Gasteiger partial charge on any atom is -0.338 e. The topological polar surface area (TPSA) is 64.3 Å². The summed E-state index contributed by atoms with van der Waals surface area (Å²) in [6.45, 7) is 1.52. The highest BCUT2D eigenvalue weighted by Crippen LogP contribution is 2.21. The summed E-state index contributed by atoms with van der Waals surface area (Å²) in [5.41, 5.74) is 0.584. The Morgan fingerprint density at radius 1 is 0.821 bits per heavy atom. The second-order valence-corrected chi connectivity index (χ2v) is 7.10. The van der Waals surface area contributed by atoms with Crippen LogP contribution >= 0.6 is 0 Å². The number of amides is 1. The van der Waals surface area contributed by atoms with Gasteiger partial charge in [0.25, 0.3) is 0 Å². The molecule has 1 aliphatic rings. The average molecular weight is 375 g/mol. The summed E-state index contributed by atoms with van der Waals surface area (Å²) in [4.78, 5) is 39.2. The van der Waals surface area contributed by atoms with Crippen molar-refractivity contribution in [1.29, 1.82) is 0 Å². The molecule has 3 aromatic rings. The Hall–Kier alpha value is -3.41. The van der Waals surface area contributed by atoms with Crippen molar-refractivity contribution in [3.8, 4) is 5.69 Å². The maximum atomic E-state index is 12.5. The highest BCUT2D eigenvalue weighted by atomic mass is 16.2. The lowest BCUT2D eigenvalue weighted by atomic mass is 10.1. The molecule has 1 atom stereocenters. The largest absolute Gasteiger partial charge is 0.338 e. The first kappa shape index (κ1) is 18.0. The number of carbonyl (C=O) groups excluding carboxylic acids is 1. The van der Waals surface area contributed by atoms with E-state index in [9.17, 15) is 14.4 Å². The fraction of sp³-hybridized carbons (Fsp3) is 0.227. The number of hydrogen-bond acceptors (Lipinski definition) is 3. The third kappa shape index (κ3) is 3.67. The zero-order valence-corrected chi connectivity index (χ0v) is 15.4. The lowest BCUT2D eigenvalue weighted by Crippen LogP contribution is -2.41. The van der Waals surface area contributed by atoms with Crippen LogP contribution in [-0.2, 0) is 17.9 Å². The molecule has 1 saturated heterocycles. The molecule has 0 aliphatic carbocycles. The van der Waals surface area contributed by atoms with Gasteiger partial charge < -0.3 is 9.47 Å². The van der Waals surface area contributed by atoms with Crippen molar-refractivity contribution >= 4 is 5.91 Å².